The van der Waals surface area contributed by atoms with Gasteiger partial charge < -0.3 is 31.2 Å². The Hall–Kier alpha value is -4.12. The molecule has 0 radical (unpaired) electrons. The third-order valence-corrected chi connectivity index (χ3v) is 7.80. The number of hydrogen-bond acceptors (Lipinski definition) is 8. The molecule has 1 atom stereocenters. The van der Waals surface area contributed by atoms with Crippen LogP contribution < -0.4 is 26.3 Å². The van der Waals surface area contributed by atoms with Gasteiger partial charge in [-0.15, -0.1) is 0 Å². The molecule has 1 fully saturated rings. The molecule has 1 aromatic heterocycles. The number of anilines is 1. The van der Waals surface area contributed by atoms with Gasteiger partial charge in [-0.1, -0.05) is 43.5 Å². The van der Waals surface area contributed by atoms with Gasteiger partial charge in [0.15, 0.2) is 5.69 Å². The van der Waals surface area contributed by atoms with E-state index >= 15 is 0 Å². The number of carbonyl (C=O) groups excluding carboxylic acids is 3. The average molecular weight is 566 g/mol. The number of ether oxygens (including phenoxy) is 2. The standard InChI is InChI=1S/C29H35N5O5S/c1-3-39-22-15-11-19(12-16-22)25(28(36)32-20-7-5-4-6-8-20)34(17-18-9-13-21(38-2)14-10-18)29(37)26-23(30)24(27(31)35)33-40-26/h9-16,20,25H,3-8,17,30H2,1-2H3,(H2,31,35)(H,32,36)/t25-/m0/s1. The van der Waals surface area contributed by atoms with E-state index in [1.54, 1.807) is 43.5 Å². The van der Waals surface area contributed by atoms with Crippen LogP contribution in [0.25, 0.3) is 0 Å². The van der Waals surface area contributed by atoms with Gasteiger partial charge in [0.1, 0.15) is 22.4 Å². The van der Waals surface area contributed by atoms with Crippen LogP contribution in [0.2, 0.25) is 0 Å². The minimum atomic E-state index is -0.995. The van der Waals surface area contributed by atoms with Crippen molar-refractivity contribution in [3.63, 3.8) is 0 Å². The van der Waals surface area contributed by atoms with Gasteiger partial charge in [-0.3, -0.25) is 14.4 Å². The van der Waals surface area contributed by atoms with Gasteiger partial charge in [0.05, 0.1) is 19.4 Å². The molecule has 3 aromatic rings. The van der Waals surface area contributed by atoms with Crippen molar-refractivity contribution < 1.29 is 23.9 Å². The van der Waals surface area contributed by atoms with Crippen LogP contribution in [0.15, 0.2) is 48.5 Å². The summed E-state index contributed by atoms with van der Waals surface area (Å²) in [6, 6.07) is 13.4. The third-order valence-electron chi connectivity index (χ3n) is 6.95. The van der Waals surface area contributed by atoms with Crippen LogP contribution in [0.1, 0.15) is 76.4 Å². The Balaban J connectivity index is 1.78. The molecule has 1 aliphatic carbocycles. The van der Waals surface area contributed by atoms with Gasteiger partial charge >= 0.3 is 0 Å². The molecular formula is C29H35N5O5S. The van der Waals surface area contributed by atoms with E-state index in [0.29, 0.717) is 23.7 Å². The van der Waals surface area contributed by atoms with E-state index in [-0.39, 0.29) is 34.8 Å². The molecule has 4 rings (SSSR count). The summed E-state index contributed by atoms with van der Waals surface area (Å²) in [4.78, 5) is 41.5. The summed E-state index contributed by atoms with van der Waals surface area (Å²) >= 11 is 0.788. The van der Waals surface area contributed by atoms with Crippen molar-refractivity contribution in [3.05, 3.63) is 70.2 Å². The zero-order valence-electron chi connectivity index (χ0n) is 22.7. The second-order valence-corrected chi connectivity index (χ2v) is 10.4. The highest BCUT2D eigenvalue weighted by atomic mass is 32.1. The van der Waals surface area contributed by atoms with Crippen LogP contribution in [-0.2, 0) is 11.3 Å². The molecule has 0 saturated heterocycles. The number of nitrogens with two attached hydrogens (primary N) is 2. The summed E-state index contributed by atoms with van der Waals surface area (Å²) < 4.78 is 14.9. The number of methoxy groups -OCH3 is 1. The molecule has 0 aliphatic heterocycles. The highest BCUT2D eigenvalue weighted by Gasteiger charge is 2.36. The molecule has 10 nitrogen and oxygen atoms in total. The fourth-order valence-electron chi connectivity index (χ4n) is 4.88. The minimum Gasteiger partial charge on any atom is -0.497 e. The van der Waals surface area contributed by atoms with Crippen molar-refractivity contribution in [2.24, 2.45) is 5.73 Å². The molecule has 0 spiro atoms. The van der Waals surface area contributed by atoms with E-state index in [1.807, 2.05) is 19.1 Å². The number of hydrogen-bond donors (Lipinski definition) is 3. The van der Waals surface area contributed by atoms with Crippen molar-refractivity contribution in [1.82, 2.24) is 14.6 Å². The lowest BCUT2D eigenvalue weighted by Crippen LogP contribution is -2.46. The molecule has 0 bridgehead atoms. The maximum absolute atomic E-state index is 14.1. The number of nitrogen functional groups attached to an aromatic ring is 1. The Kier molecular flexibility index (Phi) is 9.60. The van der Waals surface area contributed by atoms with E-state index in [9.17, 15) is 14.4 Å². The number of primary amides is 1. The van der Waals surface area contributed by atoms with E-state index in [1.165, 1.54) is 4.90 Å². The second kappa shape index (κ2) is 13.3. The van der Waals surface area contributed by atoms with Crippen molar-refractivity contribution in [2.75, 3.05) is 19.5 Å². The van der Waals surface area contributed by atoms with Crippen molar-refractivity contribution in [2.45, 2.75) is 57.7 Å². The summed E-state index contributed by atoms with van der Waals surface area (Å²) in [7, 11) is 1.57. The molecule has 0 unspecified atom stereocenters. The Morgan fingerprint density at radius 1 is 1.05 bits per heavy atom. The third kappa shape index (κ3) is 6.71. The van der Waals surface area contributed by atoms with Crippen molar-refractivity contribution in [3.8, 4) is 11.5 Å². The SMILES string of the molecule is CCOc1ccc([C@@H](C(=O)NC2CCCCC2)N(Cc2ccc(OC)cc2)C(=O)c2snc(C(N)=O)c2N)cc1. The quantitative estimate of drug-likeness (QED) is 0.317. The zero-order valence-corrected chi connectivity index (χ0v) is 23.5. The van der Waals surface area contributed by atoms with Crippen LogP contribution in [0.3, 0.4) is 0 Å². The number of aromatic nitrogens is 1. The molecule has 11 heteroatoms. The van der Waals surface area contributed by atoms with Crippen molar-refractivity contribution >= 4 is 34.9 Å². The topological polar surface area (TPSA) is 150 Å². The summed E-state index contributed by atoms with van der Waals surface area (Å²) in [5, 5.41) is 3.18. The highest BCUT2D eigenvalue weighted by molar-refractivity contribution is 7.09. The first-order valence-electron chi connectivity index (χ1n) is 13.3. The van der Waals surface area contributed by atoms with Crippen LogP contribution in [0.4, 0.5) is 5.69 Å². The predicted molar refractivity (Wildman–Crippen MR) is 153 cm³/mol. The predicted octanol–water partition coefficient (Wildman–Crippen LogP) is 4.06. The first kappa shape index (κ1) is 28.9. The number of amides is 3. The molecule has 40 heavy (non-hydrogen) atoms. The zero-order chi connectivity index (χ0) is 28.6. The maximum atomic E-state index is 14.1. The highest BCUT2D eigenvalue weighted by Crippen LogP contribution is 2.32. The molecule has 1 saturated carbocycles. The Labute approximate surface area is 237 Å². The summed E-state index contributed by atoms with van der Waals surface area (Å²) in [6.45, 7) is 2.48. The fourth-order valence-corrected chi connectivity index (χ4v) is 5.64. The lowest BCUT2D eigenvalue weighted by atomic mass is 9.94. The Bertz CT molecular complexity index is 1320. The maximum Gasteiger partial charge on any atom is 0.270 e. The summed E-state index contributed by atoms with van der Waals surface area (Å²) in [5.41, 5.74) is 12.7. The first-order valence-corrected chi connectivity index (χ1v) is 14.1. The van der Waals surface area contributed by atoms with Crippen LogP contribution >= 0.6 is 11.5 Å². The number of carbonyl (C=O) groups is 3. The van der Waals surface area contributed by atoms with Crippen LogP contribution in [0, 0.1) is 0 Å². The van der Waals surface area contributed by atoms with Gasteiger partial charge in [0.25, 0.3) is 11.8 Å². The lowest BCUT2D eigenvalue weighted by molar-refractivity contribution is -0.127. The van der Waals surface area contributed by atoms with Gasteiger partial charge in [-0.05, 0) is 66.7 Å². The second-order valence-electron chi connectivity index (χ2n) is 9.67. The number of rotatable bonds is 11. The molecule has 5 N–H and O–H groups in total. The number of nitrogens with one attached hydrogen (secondary N) is 1. The molecule has 2 aromatic carbocycles. The van der Waals surface area contributed by atoms with Gasteiger partial charge in [-0.2, -0.15) is 4.37 Å². The Morgan fingerprint density at radius 2 is 1.70 bits per heavy atom. The smallest absolute Gasteiger partial charge is 0.270 e. The Morgan fingerprint density at radius 3 is 2.27 bits per heavy atom. The number of nitrogens with zero attached hydrogens (tertiary/aromatic N) is 2. The molecule has 1 heterocycles. The summed E-state index contributed by atoms with van der Waals surface area (Å²) in [5.74, 6) is -0.333. The van der Waals surface area contributed by atoms with E-state index < -0.39 is 17.9 Å². The summed E-state index contributed by atoms with van der Waals surface area (Å²) in [6.07, 6.45) is 5.00. The largest absolute Gasteiger partial charge is 0.497 e. The van der Waals surface area contributed by atoms with Crippen LogP contribution in [-0.4, -0.2) is 46.8 Å². The first-order chi connectivity index (χ1) is 19.3. The van der Waals surface area contributed by atoms with Crippen LogP contribution in [0.5, 0.6) is 11.5 Å². The molecular weight excluding hydrogens is 530 g/mol. The van der Waals surface area contributed by atoms with E-state index in [0.717, 1.165) is 49.2 Å². The molecule has 212 valence electrons. The number of benzene rings is 2. The minimum absolute atomic E-state index is 0.0272. The monoisotopic (exact) mass is 565 g/mol. The molecule has 3 amide bonds. The van der Waals surface area contributed by atoms with Gasteiger partial charge in [0, 0.05) is 12.6 Å². The normalized spacial score (nSPS) is 14.2. The average Bonchev–Trinajstić information content (AvgIpc) is 3.35. The lowest BCUT2D eigenvalue weighted by Gasteiger charge is -2.33. The van der Waals surface area contributed by atoms with E-state index in [4.69, 9.17) is 20.9 Å². The fraction of sp³-hybridized carbons (Fsp3) is 0.379. The van der Waals surface area contributed by atoms with Gasteiger partial charge in [0.2, 0.25) is 5.91 Å². The van der Waals surface area contributed by atoms with E-state index in [2.05, 4.69) is 9.69 Å². The van der Waals surface area contributed by atoms with Gasteiger partial charge in [-0.25, -0.2) is 0 Å². The molecule has 1 aliphatic rings. The van der Waals surface area contributed by atoms with Crippen molar-refractivity contribution in [1.29, 1.82) is 0 Å².